The van der Waals surface area contributed by atoms with E-state index in [2.05, 4.69) is 0 Å². The molecule has 1 rings (SSSR count). The van der Waals surface area contributed by atoms with Crippen LogP contribution in [0.2, 0.25) is 5.02 Å². The van der Waals surface area contributed by atoms with Crippen LogP contribution in [-0.2, 0) is 0 Å². The topological polar surface area (TPSA) is 37.3 Å². The second kappa shape index (κ2) is 3.70. The van der Waals surface area contributed by atoms with Crippen molar-refractivity contribution in [1.29, 1.82) is 0 Å². The van der Waals surface area contributed by atoms with E-state index in [1.165, 1.54) is 12.1 Å². The minimum atomic E-state index is -2.83. The van der Waals surface area contributed by atoms with Gasteiger partial charge < -0.3 is 5.11 Å². The molecule has 0 fully saturated rings. The highest BCUT2D eigenvalue weighted by atomic mass is 35.5. The molecule has 1 aromatic carbocycles. The number of rotatable bonds is 2. The van der Waals surface area contributed by atoms with Crippen molar-refractivity contribution in [2.75, 3.05) is 0 Å². The van der Waals surface area contributed by atoms with Crippen LogP contribution in [0.3, 0.4) is 0 Å². The van der Waals surface area contributed by atoms with Crippen LogP contribution in [0.4, 0.5) is 8.78 Å². The average molecular weight is 207 g/mol. The smallest absolute Gasteiger partial charge is 0.337 e. The van der Waals surface area contributed by atoms with Crippen LogP contribution >= 0.6 is 11.6 Å². The van der Waals surface area contributed by atoms with E-state index in [0.717, 1.165) is 6.07 Å². The molecule has 13 heavy (non-hydrogen) atoms. The number of aromatic carboxylic acids is 1. The van der Waals surface area contributed by atoms with Gasteiger partial charge in [0, 0.05) is 5.56 Å². The Morgan fingerprint density at radius 3 is 2.46 bits per heavy atom. The lowest BCUT2D eigenvalue weighted by Gasteiger charge is -2.05. The summed E-state index contributed by atoms with van der Waals surface area (Å²) in [5.41, 5.74) is -1.08. The van der Waals surface area contributed by atoms with Crippen molar-refractivity contribution in [2.24, 2.45) is 0 Å². The molecule has 0 aromatic heterocycles. The fraction of sp³-hybridized carbons (Fsp3) is 0.125. The Morgan fingerprint density at radius 2 is 2.08 bits per heavy atom. The van der Waals surface area contributed by atoms with Crippen molar-refractivity contribution < 1.29 is 18.7 Å². The highest BCUT2D eigenvalue weighted by Gasteiger charge is 2.20. The predicted octanol–water partition coefficient (Wildman–Crippen LogP) is 2.98. The first-order valence-corrected chi connectivity index (χ1v) is 3.71. The summed E-state index contributed by atoms with van der Waals surface area (Å²) in [7, 11) is 0. The second-order valence-electron chi connectivity index (χ2n) is 2.31. The molecule has 0 saturated carbocycles. The second-order valence-corrected chi connectivity index (χ2v) is 2.72. The zero-order valence-electron chi connectivity index (χ0n) is 6.30. The van der Waals surface area contributed by atoms with Crippen molar-refractivity contribution >= 4 is 17.6 Å². The Kier molecular flexibility index (Phi) is 2.83. The van der Waals surface area contributed by atoms with Crippen LogP contribution in [0.15, 0.2) is 18.2 Å². The van der Waals surface area contributed by atoms with Gasteiger partial charge in [-0.2, -0.15) is 0 Å². The van der Waals surface area contributed by atoms with E-state index in [9.17, 15) is 13.6 Å². The molecule has 0 spiro atoms. The van der Waals surface area contributed by atoms with Crippen LogP contribution in [0.5, 0.6) is 0 Å². The zero-order chi connectivity index (χ0) is 10.0. The summed E-state index contributed by atoms with van der Waals surface area (Å²) in [5.74, 6) is -1.44. The maximum absolute atomic E-state index is 12.2. The van der Waals surface area contributed by atoms with E-state index in [4.69, 9.17) is 16.7 Å². The molecule has 2 nitrogen and oxygen atoms in total. The first-order valence-electron chi connectivity index (χ1n) is 3.34. The Hall–Kier alpha value is -1.16. The Balaban J connectivity index is 3.34. The fourth-order valence-corrected chi connectivity index (χ4v) is 1.21. The summed E-state index contributed by atoms with van der Waals surface area (Å²) >= 11 is 5.45. The lowest BCUT2D eigenvalue weighted by Crippen LogP contribution is -2.03. The largest absolute Gasteiger partial charge is 0.478 e. The van der Waals surface area contributed by atoms with Crippen LogP contribution in [0.25, 0.3) is 0 Å². The summed E-state index contributed by atoms with van der Waals surface area (Å²) < 4.78 is 24.5. The average Bonchev–Trinajstić information content (AvgIpc) is 2.02. The van der Waals surface area contributed by atoms with E-state index in [1.807, 2.05) is 0 Å². The van der Waals surface area contributed by atoms with Crippen LogP contribution < -0.4 is 0 Å². The van der Waals surface area contributed by atoms with Crippen LogP contribution in [0.1, 0.15) is 22.3 Å². The molecule has 0 atom stereocenters. The third-order valence-corrected chi connectivity index (χ3v) is 1.81. The van der Waals surface area contributed by atoms with E-state index in [1.54, 1.807) is 0 Å². The van der Waals surface area contributed by atoms with E-state index in [-0.39, 0.29) is 5.02 Å². The van der Waals surface area contributed by atoms with Crippen molar-refractivity contribution in [3.05, 3.63) is 34.3 Å². The minimum absolute atomic E-state index is 0.176. The first-order chi connectivity index (χ1) is 6.04. The third-order valence-electron chi connectivity index (χ3n) is 1.49. The number of carboxylic acids is 1. The highest BCUT2D eigenvalue weighted by Crippen LogP contribution is 2.27. The number of carboxylic acid groups (broad SMARTS) is 1. The summed E-state index contributed by atoms with van der Waals surface area (Å²) in [6, 6.07) is 3.59. The predicted molar refractivity (Wildman–Crippen MR) is 43.4 cm³/mol. The van der Waals surface area contributed by atoms with E-state index < -0.39 is 23.5 Å². The fourth-order valence-electron chi connectivity index (χ4n) is 0.948. The molecule has 0 aliphatic carbocycles. The van der Waals surface area contributed by atoms with Crippen molar-refractivity contribution in [3.63, 3.8) is 0 Å². The van der Waals surface area contributed by atoms with Gasteiger partial charge in [-0.1, -0.05) is 23.7 Å². The lowest BCUT2D eigenvalue weighted by molar-refractivity contribution is 0.0685. The normalized spacial score (nSPS) is 10.5. The Bertz CT molecular complexity index is 339. The molecule has 1 aromatic rings. The van der Waals surface area contributed by atoms with Gasteiger partial charge in [-0.05, 0) is 6.07 Å². The van der Waals surface area contributed by atoms with Crippen LogP contribution in [-0.4, -0.2) is 11.1 Å². The van der Waals surface area contributed by atoms with Gasteiger partial charge in [-0.15, -0.1) is 0 Å². The standard InChI is InChI=1S/C8H5ClF2O2/c9-5-3-1-2-4(7(10)11)6(5)8(12)13/h1-3,7H,(H,12,13). The molecule has 5 heteroatoms. The molecular formula is C8H5ClF2O2. The summed E-state index contributed by atoms with van der Waals surface area (Å²) in [5, 5.41) is 8.40. The Labute approximate surface area is 77.8 Å². The summed E-state index contributed by atoms with van der Waals surface area (Å²) in [4.78, 5) is 10.5. The molecule has 0 bridgehead atoms. The van der Waals surface area contributed by atoms with Gasteiger partial charge in [0.15, 0.2) is 0 Å². The molecule has 0 saturated heterocycles. The number of halogens is 3. The SMILES string of the molecule is O=C(O)c1c(Cl)cccc1C(F)F. The number of hydrogen-bond donors (Lipinski definition) is 1. The van der Waals surface area contributed by atoms with Crippen molar-refractivity contribution in [2.45, 2.75) is 6.43 Å². The molecule has 70 valence electrons. The number of benzene rings is 1. The maximum atomic E-state index is 12.2. The number of carbonyl (C=O) groups is 1. The maximum Gasteiger partial charge on any atom is 0.337 e. The van der Waals surface area contributed by atoms with Gasteiger partial charge in [0.1, 0.15) is 0 Å². The van der Waals surface area contributed by atoms with Crippen LogP contribution in [0, 0.1) is 0 Å². The third kappa shape index (κ3) is 1.95. The minimum Gasteiger partial charge on any atom is -0.478 e. The molecule has 0 radical (unpaired) electrons. The molecule has 0 heterocycles. The van der Waals surface area contributed by atoms with Crippen molar-refractivity contribution in [1.82, 2.24) is 0 Å². The van der Waals surface area contributed by atoms with Gasteiger partial charge in [-0.25, -0.2) is 13.6 Å². The van der Waals surface area contributed by atoms with Gasteiger partial charge in [0.05, 0.1) is 10.6 Å². The zero-order valence-corrected chi connectivity index (χ0v) is 7.05. The monoisotopic (exact) mass is 206 g/mol. The van der Waals surface area contributed by atoms with Gasteiger partial charge in [0.2, 0.25) is 0 Å². The molecule has 0 aliphatic heterocycles. The first kappa shape index (κ1) is 9.92. The van der Waals surface area contributed by atoms with Gasteiger partial charge in [-0.3, -0.25) is 0 Å². The van der Waals surface area contributed by atoms with Gasteiger partial charge in [0.25, 0.3) is 6.43 Å². The summed E-state index contributed by atoms with van der Waals surface area (Å²) in [6.45, 7) is 0. The van der Waals surface area contributed by atoms with E-state index >= 15 is 0 Å². The Morgan fingerprint density at radius 1 is 1.46 bits per heavy atom. The summed E-state index contributed by atoms with van der Waals surface area (Å²) in [6.07, 6.45) is -2.83. The highest BCUT2D eigenvalue weighted by molar-refractivity contribution is 6.33. The molecular weight excluding hydrogens is 202 g/mol. The number of alkyl halides is 2. The molecule has 0 unspecified atom stereocenters. The number of hydrogen-bond acceptors (Lipinski definition) is 1. The lowest BCUT2D eigenvalue weighted by atomic mass is 10.1. The molecule has 0 amide bonds. The quantitative estimate of drug-likeness (QED) is 0.808. The van der Waals surface area contributed by atoms with E-state index in [0.29, 0.717) is 0 Å². The molecule has 0 aliphatic rings. The van der Waals surface area contributed by atoms with Gasteiger partial charge >= 0.3 is 5.97 Å². The molecule has 1 N–H and O–H groups in total. The van der Waals surface area contributed by atoms with Crippen molar-refractivity contribution in [3.8, 4) is 0 Å².